The molecule has 1 aromatic carbocycles. The van der Waals surface area contributed by atoms with Gasteiger partial charge >= 0.3 is 5.97 Å². The summed E-state index contributed by atoms with van der Waals surface area (Å²) in [5.41, 5.74) is 0.286. The molecule has 4 rings (SSSR count). The van der Waals surface area contributed by atoms with Crippen molar-refractivity contribution in [3.05, 3.63) is 29.8 Å². The SMILES string of the molecule is COC(=O)c1ccc(S(=O)(=O)N2C3CCC2CC(N2C(=O)CCC2=O)C3)cc1. The molecule has 2 amide bonds. The van der Waals surface area contributed by atoms with Crippen molar-refractivity contribution < 1.29 is 27.5 Å². The number of likely N-dealkylation sites (tertiary alicyclic amines) is 1. The van der Waals surface area contributed by atoms with Crippen molar-refractivity contribution in [3.63, 3.8) is 0 Å². The van der Waals surface area contributed by atoms with E-state index in [-0.39, 0.29) is 53.2 Å². The van der Waals surface area contributed by atoms with Gasteiger partial charge in [-0.25, -0.2) is 13.2 Å². The van der Waals surface area contributed by atoms with Crippen LogP contribution in [0.15, 0.2) is 29.2 Å². The first-order chi connectivity index (χ1) is 13.3. The predicted molar refractivity (Wildman–Crippen MR) is 97.7 cm³/mol. The summed E-state index contributed by atoms with van der Waals surface area (Å²) in [4.78, 5) is 37.2. The molecule has 0 radical (unpaired) electrons. The zero-order chi connectivity index (χ0) is 20.1. The van der Waals surface area contributed by atoms with Gasteiger partial charge in [0.05, 0.1) is 17.6 Å². The van der Waals surface area contributed by atoms with Crippen molar-refractivity contribution in [3.8, 4) is 0 Å². The monoisotopic (exact) mass is 406 g/mol. The summed E-state index contributed by atoms with van der Waals surface area (Å²) in [6.07, 6.45) is 2.90. The topological polar surface area (TPSA) is 101 Å². The van der Waals surface area contributed by atoms with E-state index in [9.17, 15) is 22.8 Å². The van der Waals surface area contributed by atoms with Crippen molar-refractivity contribution in [2.45, 2.75) is 61.5 Å². The fraction of sp³-hybridized carbons (Fsp3) is 0.526. The van der Waals surface area contributed by atoms with Crippen LogP contribution in [0.4, 0.5) is 0 Å². The molecule has 0 aromatic heterocycles. The lowest BCUT2D eigenvalue weighted by Gasteiger charge is -2.40. The number of esters is 1. The van der Waals surface area contributed by atoms with Gasteiger partial charge in [0, 0.05) is 31.0 Å². The summed E-state index contributed by atoms with van der Waals surface area (Å²) in [5, 5.41) is 0. The number of hydrogen-bond acceptors (Lipinski definition) is 6. The molecule has 2 atom stereocenters. The highest BCUT2D eigenvalue weighted by Gasteiger charge is 2.50. The third-order valence-electron chi connectivity index (χ3n) is 5.95. The highest BCUT2D eigenvalue weighted by molar-refractivity contribution is 7.89. The Kier molecular flexibility index (Phi) is 4.75. The number of imide groups is 1. The number of hydrogen-bond donors (Lipinski definition) is 0. The first-order valence-corrected chi connectivity index (χ1v) is 10.8. The van der Waals surface area contributed by atoms with Crippen molar-refractivity contribution in [2.75, 3.05) is 7.11 Å². The van der Waals surface area contributed by atoms with E-state index in [0.717, 1.165) is 12.8 Å². The van der Waals surface area contributed by atoms with E-state index in [0.29, 0.717) is 12.8 Å². The minimum atomic E-state index is -3.73. The number of benzene rings is 1. The zero-order valence-electron chi connectivity index (χ0n) is 15.5. The van der Waals surface area contributed by atoms with Crippen LogP contribution in [0.1, 0.15) is 48.9 Å². The lowest BCUT2D eigenvalue weighted by atomic mass is 9.98. The molecule has 2 unspecified atom stereocenters. The van der Waals surface area contributed by atoms with Crippen LogP contribution in [0.5, 0.6) is 0 Å². The van der Waals surface area contributed by atoms with Gasteiger partial charge < -0.3 is 4.74 Å². The third-order valence-corrected chi connectivity index (χ3v) is 7.97. The Bertz CT molecular complexity index is 896. The van der Waals surface area contributed by atoms with Gasteiger partial charge in [-0.2, -0.15) is 4.31 Å². The molecule has 0 N–H and O–H groups in total. The molecular weight excluding hydrogens is 384 g/mol. The minimum absolute atomic E-state index is 0.129. The van der Waals surface area contributed by atoms with E-state index in [4.69, 9.17) is 0 Å². The van der Waals surface area contributed by atoms with Gasteiger partial charge in [-0.3, -0.25) is 14.5 Å². The summed E-state index contributed by atoms with van der Waals surface area (Å²) < 4.78 is 32.6. The molecule has 0 spiro atoms. The van der Waals surface area contributed by atoms with Gasteiger partial charge in [0.2, 0.25) is 21.8 Å². The van der Waals surface area contributed by atoms with E-state index in [2.05, 4.69) is 4.74 Å². The van der Waals surface area contributed by atoms with E-state index < -0.39 is 16.0 Å². The van der Waals surface area contributed by atoms with Crippen molar-refractivity contribution >= 4 is 27.8 Å². The largest absolute Gasteiger partial charge is 0.465 e. The lowest BCUT2D eigenvalue weighted by Crippen LogP contribution is -2.53. The van der Waals surface area contributed by atoms with Crippen molar-refractivity contribution in [1.29, 1.82) is 0 Å². The standard InChI is InChI=1S/C19H22N2O6S/c1-27-19(24)12-2-6-16(7-3-12)28(25,26)21-13-4-5-14(21)11-15(10-13)20-17(22)8-9-18(20)23/h2-3,6-7,13-15H,4-5,8-11H2,1H3. The maximum Gasteiger partial charge on any atom is 0.337 e. The van der Waals surface area contributed by atoms with E-state index >= 15 is 0 Å². The Morgan fingerprint density at radius 1 is 0.964 bits per heavy atom. The molecule has 2 bridgehead atoms. The molecule has 150 valence electrons. The van der Waals surface area contributed by atoms with Crippen LogP contribution in [0.25, 0.3) is 0 Å². The summed E-state index contributed by atoms with van der Waals surface area (Å²) in [7, 11) is -2.46. The fourth-order valence-corrected chi connectivity index (χ4v) is 6.60. The predicted octanol–water partition coefficient (Wildman–Crippen LogP) is 1.31. The second-order valence-electron chi connectivity index (χ2n) is 7.52. The number of sulfonamides is 1. The number of amides is 2. The molecule has 3 fully saturated rings. The van der Waals surface area contributed by atoms with Crippen LogP contribution in [-0.4, -0.2) is 60.6 Å². The van der Waals surface area contributed by atoms with Crippen LogP contribution < -0.4 is 0 Å². The molecule has 8 nitrogen and oxygen atoms in total. The van der Waals surface area contributed by atoms with Crippen LogP contribution in [0.2, 0.25) is 0 Å². The highest BCUT2D eigenvalue weighted by atomic mass is 32.2. The Labute approximate surface area is 163 Å². The van der Waals surface area contributed by atoms with Gasteiger partial charge in [0.25, 0.3) is 0 Å². The highest BCUT2D eigenvalue weighted by Crippen LogP contribution is 2.42. The van der Waals surface area contributed by atoms with Crippen LogP contribution in [0, 0.1) is 0 Å². The average molecular weight is 406 g/mol. The third kappa shape index (κ3) is 3.02. The first kappa shape index (κ1) is 19.1. The molecular formula is C19H22N2O6S. The van der Waals surface area contributed by atoms with Gasteiger partial charge in [0.1, 0.15) is 0 Å². The minimum Gasteiger partial charge on any atom is -0.465 e. The molecule has 3 saturated heterocycles. The van der Waals surface area contributed by atoms with Gasteiger partial charge in [-0.05, 0) is 49.9 Å². The van der Waals surface area contributed by atoms with Gasteiger partial charge in [-0.15, -0.1) is 0 Å². The van der Waals surface area contributed by atoms with Crippen LogP contribution in [-0.2, 0) is 24.3 Å². The fourth-order valence-electron chi connectivity index (χ4n) is 4.71. The normalized spacial score (nSPS) is 28.0. The zero-order valence-corrected chi connectivity index (χ0v) is 16.4. The first-order valence-electron chi connectivity index (χ1n) is 9.39. The molecule has 0 saturated carbocycles. The summed E-state index contributed by atoms with van der Waals surface area (Å²) in [6, 6.07) is 5.05. The molecule has 0 aliphatic carbocycles. The number of carbonyl (C=O) groups is 3. The number of methoxy groups -OCH3 is 1. The quantitative estimate of drug-likeness (QED) is 0.552. The van der Waals surface area contributed by atoms with E-state index in [1.54, 1.807) is 4.31 Å². The number of rotatable bonds is 4. The smallest absolute Gasteiger partial charge is 0.337 e. The van der Waals surface area contributed by atoms with Crippen LogP contribution >= 0.6 is 0 Å². The summed E-state index contributed by atoms with van der Waals surface area (Å²) >= 11 is 0. The Morgan fingerprint density at radius 3 is 2.00 bits per heavy atom. The average Bonchev–Trinajstić information content (AvgIpc) is 3.17. The van der Waals surface area contributed by atoms with E-state index in [1.165, 1.54) is 36.3 Å². The molecule has 9 heteroatoms. The van der Waals surface area contributed by atoms with Crippen LogP contribution in [0.3, 0.4) is 0 Å². The summed E-state index contributed by atoms with van der Waals surface area (Å²) in [5.74, 6) is -0.821. The number of carbonyl (C=O) groups excluding carboxylic acids is 3. The molecule has 28 heavy (non-hydrogen) atoms. The molecule has 3 heterocycles. The number of nitrogens with zero attached hydrogens (tertiary/aromatic N) is 2. The molecule has 1 aromatic rings. The van der Waals surface area contributed by atoms with Gasteiger partial charge in [-0.1, -0.05) is 0 Å². The maximum atomic E-state index is 13.2. The Hall–Kier alpha value is -2.26. The summed E-state index contributed by atoms with van der Waals surface area (Å²) in [6.45, 7) is 0. The number of fused-ring (bicyclic) bond motifs is 2. The van der Waals surface area contributed by atoms with E-state index in [1.807, 2.05) is 0 Å². The van der Waals surface area contributed by atoms with Crippen molar-refractivity contribution in [2.24, 2.45) is 0 Å². The second kappa shape index (κ2) is 6.97. The number of ether oxygens (including phenoxy) is 1. The molecule has 3 aliphatic rings. The Balaban J connectivity index is 1.56. The van der Waals surface area contributed by atoms with Crippen molar-refractivity contribution in [1.82, 2.24) is 9.21 Å². The number of piperidine rings is 1. The lowest BCUT2D eigenvalue weighted by molar-refractivity contribution is -0.142. The second-order valence-corrected chi connectivity index (χ2v) is 9.36. The maximum absolute atomic E-state index is 13.2. The van der Waals surface area contributed by atoms with Gasteiger partial charge in [0.15, 0.2) is 0 Å². The Morgan fingerprint density at radius 2 is 1.50 bits per heavy atom. The molecule has 3 aliphatic heterocycles.